The highest BCUT2D eigenvalue weighted by Gasteiger charge is 2.48. The molecule has 1 aromatic rings. The fourth-order valence-electron chi connectivity index (χ4n) is 4.09. The number of benzene rings is 1. The van der Waals surface area contributed by atoms with E-state index in [0.29, 0.717) is 18.1 Å². The Morgan fingerprint density at radius 3 is 2.17 bits per heavy atom. The molecule has 2 atom stereocenters. The van der Waals surface area contributed by atoms with Gasteiger partial charge in [-0.1, -0.05) is 30.3 Å². The van der Waals surface area contributed by atoms with Crippen molar-refractivity contribution in [1.29, 1.82) is 0 Å². The maximum atomic E-state index is 11.0. The first-order valence-electron chi connectivity index (χ1n) is 7.15. The van der Waals surface area contributed by atoms with Gasteiger partial charge in [-0.3, -0.25) is 4.90 Å². The van der Waals surface area contributed by atoms with Crippen LogP contribution in [0.3, 0.4) is 0 Å². The maximum absolute atomic E-state index is 11.0. The molecule has 2 saturated heterocycles. The molecule has 2 aliphatic rings. The highest BCUT2D eigenvalue weighted by molar-refractivity contribution is 5.25. The van der Waals surface area contributed by atoms with E-state index in [1.54, 1.807) is 0 Å². The first-order chi connectivity index (χ1) is 8.60. The van der Waals surface area contributed by atoms with Crippen LogP contribution in [-0.4, -0.2) is 28.1 Å². The van der Waals surface area contributed by atoms with Crippen LogP contribution in [0, 0.1) is 0 Å². The summed E-state index contributed by atoms with van der Waals surface area (Å²) in [6.07, 6.45) is 4.29. The summed E-state index contributed by atoms with van der Waals surface area (Å²) in [5.74, 6) is 0. The molecule has 2 bridgehead atoms. The normalized spacial score (nSPS) is 36.2. The fraction of sp³-hybridized carbons (Fsp3) is 0.625. The summed E-state index contributed by atoms with van der Waals surface area (Å²) in [5.41, 5.74) is 0.503. The van der Waals surface area contributed by atoms with E-state index in [4.69, 9.17) is 0 Å². The summed E-state index contributed by atoms with van der Waals surface area (Å²) in [6.45, 7) is 4.55. The van der Waals surface area contributed by atoms with Gasteiger partial charge < -0.3 is 5.11 Å². The van der Waals surface area contributed by atoms with Crippen LogP contribution in [0.4, 0.5) is 0 Å². The molecule has 18 heavy (non-hydrogen) atoms. The van der Waals surface area contributed by atoms with Gasteiger partial charge >= 0.3 is 0 Å². The summed E-state index contributed by atoms with van der Waals surface area (Å²) in [7, 11) is 0. The minimum Gasteiger partial charge on any atom is -0.385 e. The first kappa shape index (κ1) is 12.2. The lowest BCUT2D eigenvalue weighted by Crippen LogP contribution is -2.52. The highest BCUT2D eigenvalue weighted by atomic mass is 16.3. The Labute approximate surface area is 110 Å². The lowest BCUT2D eigenvalue weighted by Gasteiger charge is -2.46. The average Bonchev–Trinajstić information content (AvgIpc) is 2.64. The maximum Gasteiger partial charge on any atom is 0.0926 e. The summed E-state index contributed by atoms with van der Waals surface area (Å²) in [5, 5.41) is 11.0. The molecule has 0 aliphatic carbocycles. The minimum absolute atomic E-state index is 0.564. The topological polar surface area (TPSA) is 23.5 Å². The van der Waals surface area contributed by atoms with Crippen molar-refractivity contribution in [2.45, 2.75) is 63.3 Å². The van der Waals surface area contributed by atoms with Gasteiger partial charge in [0.2, 0.25) is 0 Å². The van der Waals surface area contributed by atoms with E-state index in [9.17, 15) is 5.11 Å². The molecular weight excluding hydrogens is 222 g/mol. The number of hydrogen-bond donors (Lipinski definition) is 1. The first-order valence-corrected chi connectivity index (χ1v) is 7.15. The number of hydrogen-bond acceptors (Lipinski definition) is 2. The molecule has 3 rings (SSSR count). The van der Waals surface area contributed by atoms with Gasteiger partial charge in [0.25, 0.3) is 0 Å². The van der Waals surface area contributed by atoms with Crippen LogP contribution in [0.2, 0.25) is 0 Å². The second-order valence-corrected chi connectivity index (χ2v) is 6.23. The number of piperidine rings is 1. The van der Waals surface area contributed by atoms with E-state index in [0.717, 1.165) is 18.4 Å². The SMILES string of the molecule is CC(C)N1[C@H]2CC[C@H]1CC(O)(c1ccccc1)C2. The van der Waals surface area contributed by atoms with Crippen molar-refractivity contribution in [2.24, 2.45) is 0 Å². The summed E-state index contributed by atoms with van der Waals surface area (Å²) < 4.78 is 0. The van der Waals surface area contributed by atoms with Crippen LogP contribution in [-0.2, 0) is 5.60 Å². The molecule has 2 heterocycles. The highest BCUT2D eigenvalue weighted by Crippen LogP contribution is 2.46. The molecule has 0 radical (unpaired) electrons. The van der Waals surface area contributed by atoms with Gasteiger partial charge in [-0.2, -0.15) is 0 Å². The van der Waals surface area contributed by atoms with Gasteiger partial charge in [-0.05, 0) is 45.1 Å². The van der Waals surface area contributed by atoms with Crippen molar-refractivity contribution >= 4 is 0 Å². The van der Waals surface area contributed by atoms with Crippen molar-refractivity contribution in [3.8, 4) is 0 Å². The lowest BCUT2D eigenvalue weighted by atomic mass is 9.80. The molecule has 0 aromatic heterocycles. The second-order valence-electron chi connectivity index (χ2n) is 6.23. The average molecular weight is 245 g/mol. The Balaban J connectivity index is 1.87. The van der Waals surface area contributed by atoms with Crippen molar-refractivity contribution in [1.82, 2.24) is 4.90 Å². The number of rotatable bonds is 2. The van der Waals surface area contributed by atoms with Gasteiger partial charge in [-0.25, -0.2) is 0 Å². The zero-order valence-electron chi connectivity index (χ0n) is 11.3. The molecule has 0 unspecified atom stereocenters. The minimum atomic E-state index is -0.599. The number of fused-ring (bicyclic) bond motifs is 2. The molecule has 2 fully saturated rings. The van der Waals surface area contributed by atoms with Gasteiger partial charge in [0.15, 0.2) is 0 Å². The summed E-state index contributed by atoms with van der Waals surface area (Å²) >= 11 is 0. The van der Waals surface area contributed by atoms with Gasteiger partial charge in [0.1, 0.15) is 0 Å². The van der Waals surface area contributed by atoms with Gasteiger partial charge in [-0.15, -0.1) is 0 Å². The summed E-state index contributed by atoms with van der Waals surface area (Å²) in [4.78, 5) is 2.62. The molecule has 98 valence electrons. The van der Waals surface area contributed by atoms with Crippen molar-refractivity contribution < 1.29 is 5.11 Å². The second kappa shape index (κ2) is 4.36. The van der Waals surface area contributed by atoms with Crippen LogP contribution in [0.25, 0.3) is 0 Å². The molecule has 2 nitrogen and oxygen atoms in total. The predicted octanol–water partition coefficient (Wildman–Crippen LogP) is 2.91. The zero-order chi connectivity index (χ0) is 12.8. The van der Waals surface area contributed by atoms with E-state index < -0.39 is 5.60 Å². The largest absolute Gasteiger partial charge is 0.385 e. The Morgan fingerprint density at radius 2 is 1.67 bits per heavy atom. The van der Waals surface area contributed by atoms with Crippen LogP contribution < -0.4 is 0 Å². The van der Waals surface area contributed by atoms with Crippen molar-refractivity contribution in [2.75, 3.05) is 0 Å². The van der Waals surface area contributed by atoms with E-state index in [-0.39, 0.29) is 0 Å². The van der Waals surface area contributed by atoms with Crippen LogP contribution in [0.5, 0.6) is 0 Å². The Hall–Kier alpha value is -0.860. The third kappa shape index (κ3) is 1.88. The van der Waals surface area contributed by atoms with Crippen LogP contribution in [0.15, 0.2) is 30.3 Å². The molecular formula is C16H23NO. The van der Waals surface area contributed by atoms with E-state index in [1.165, 1.54) is 12.8 Å². The molecule has 1 aromatic carbocycles. The molecule has 0 amide bonds. The fourth-order valence-corrected chi connectivity index (χ4v) is 4.09. The van der Waals surface area contributed by atoms with Crippen LogP contribution >= 0.6 is 0 Å². The molecule has 1 N–H and O–H groups in total. The number of aliphatic hydroxyl groups is 1. The Kier molecular flexibility index (Phi) is 2.95. The molecule has 0 spiro atoms. The van der Waals surface area contributed by atoms with Crippen LogP contribution in [0.1, 0.15) is 45.1 Å². The standard InChI is InChI=1S/C16H23NO/c1-12(2)17-14-8-9-15(17)11-16(18,10-14)13-6-4-3-5-7-13/h3-7,12,14-15,18H,8-11H2,1-2H3/t14-,15-/m0/s1. The lowest BCUT2D eigenvalue weighted by molar-refractivity contribution is -0.0655. The number of nitrogens with zero attached hydrogens (tertiary/aromatic N) is 1. The van der Waals surface area contributed by atoms with E-state index >= 15 is 0 Å². The van der Waals surface area contributed by atoms with Crippen molar-refractivity contribution in [3.05, 3.63) is 35.9 Å². The quantitative estimate of drug-likeness (QED) is 0.866. The Bertz CT molecular complexity index is 400. The molecule has 0 saturated carbocycles. The smallest absolute Gasteiger partial charge is 0.0926 e. The van der Waals surface area contributed by atoms with Crippen molar-refractivity contribution in [3.63, 3.8) is 0 Å². The predicted molar refractivity (Wildman–Crippen MR) is 73.4 cm³/mol. The molecule has 2 aliphatic heterocycles. The zero-order valence-corrected chi connectivity index (χ0v) is 11.3. The summed E-state index contributed by atoms with van der Waals surface area (Å²) in [6, 6.07) is 12.0. The van der Waals surface area contributed by atoms with Gasteiger partial charge in [0.05, 0.1) is 5.60 Å². The Morgan fingerprint density at radius 1 is 1.11 bits per heavy atom. The van der Waals surface area contributed by atoms with Gasteiger partial charge in [0, 0.05) is 18.1 Å². The monoisotopic (exact) mass is 245 g/mol. The van der Waals surface area contributed by atoms with E-state index in [2.05, 4.69) is 30.9 Å². The third-order valence-corrected chi connectivity index (χ3v) is 4.73. The third-order valence-electron chi connectivity index (χ3n) is 4.73. The van der Waals surface area contributed by atoms with E-state index in [1.807, 2.05) is 18.2 Å². The molecule has 2 heteroatoms.